The first-order valence-corrected chi connectivity index (χ1v) is 8.87. The molecule has 0 spiro atoms. The van der Waals surface area contributed by atoms with Gasteiger partial charge >= 0.3 is 0 Å². The number of aryl methyl sites for hydroxylation is 1. The molecule has 4 rings (SSSR count). The Bertz CT molecular complexity index is 628. The normalized spacial score (nSPS) is 22.6. The maximum atomic E-state index is 4.65. The molecule has 4 nitrogen and oxygen atoms in total. The summed E-state index contributed by atoms with van der Waals surface area (Å²) in [7, 11) is 0. The summed E-state index contributed by atoms with van der Waals surface area (Å²) in [6.07, 6.45) is 7.02. The summed E-state index contributed by atoms with van der Waals surface area (Å²) in [6, 6.07) is 0.701. The Kier molecular flexibility index (Phi) is 3.55. The van der Waals surface area contributed by atoms with Crippen molar-refractivity contribution in [1.29, 1.82) is 0 Å². The molecule has 0 radical (unpaired) electrons. The summed E-state index contributed by atoms with van der Waals surface area (Å²) in [4.78, 5) is 11.7. The quantitative estimate of drug-likeness (QED) is 0.943. The third-order valence-electron chi connectivity index (χ3n) is 4.63. The molecular formula is C16H22N4S. The van der Waals surface area contributed by atoms with Gasteiger partial charge in [-0.05, 0) is 62.6 Å². The summed E-state index contributed by atoms with van der Waals surface area (Å²) in [5.41, 5.74) is 2.41. The van der Waals surface area contributed by atoms with Crippen molar-refractivity contribution < 1.29 is 0 Å². The Morgan fingerprint density at radius 1 is 1.33 bits per heavy atom. The molecule has 0 amide bonds. The minimum atomic E-state index is 0.701. The fraction of sp³-hybridized carbons (Fsp3) is 0.625. The number of nitrogens with one attached hydrogen (secondary N) is 1. The fourth-order valence-corrected chi connectivity index (χ4v) is 4.32. The van der Waals surface area contributed by atoms with Crippen LogP contribution in [-0.4, -0.2) is 35.6 Å². The van der Waals surface area contributed by atoms with Gasteiger partial charge in [0.2, 0.25) is 0 Å². The molecule has 0 aromatic carbocycles. The minimum absolute atomic E-state index is 0.701. The molecule has 1 aliphatic carbocycles. The molecule has 2 fully saturated rings. The maximum absolute atomic E-state index is 4.65. The summed E-state index contributed by atoms with van der Waals surface area (Å²) in [5.74, 6) is 1.93. The van der Waals surface area contributed by atoms with Gasteiger partial charge in [0, 0.05) is 12.6 Å². The van der Waals surface area contributed by atoms with Gasteiger partial charge in [-0.2, -0.15) is 0 Å². The van der Waals surface area contributed by atoms with Crippen molar-refractivity contribution in [2.75, 3.05) is 24.5 Å². The molecule has 2 aromatic heterocycles. The van der Waals surface area contributed by atoms with Crippen molar-refractivity contribution in [2.45, 2.75) is 38.6 Å². The first-order valence-electron chi connectivity index (χ1n) is 7.99. The van der Waals surface area contributed by atoms with E-state index in [1.165, 1.54) is 48.3 Å². The van der Waals surface area contributed by atoms with E-state index in [4.69, 9.17) is 0 Å². The molecule has 1 aliphatic heterocycles. The molecule has 1 atom stereocenters. The van der Waals surface area contributed by atoms with Gasteiger partial charge in [0.05, 0.1) is 10.2 Å². The van der Waals surface area contributed by atoms with Gasteiger partial charge in [-0.1, -0.05) is 0 Å². The number of rotatable bonds is 4. The van der Waals surface area contributed by atoms with Crippen molar-refractivity contribution in [3.8, 4) is 0 Å². The molecule has 5 heteroatoms. The number of piperidine rings is 1. The standard InChI is InChI=1S/C16H22N4S/c1-11-9-21-15-14(11)18-10-19-16(15)20(13-4-5-13)8-12-3-2-6-17-7-12/h9-10,12-13,17H,2-8H2,1H3. The summed E-state index contributed by atoms with van der Waals surface area (Å²) in [6.45, 7) is 5.62. The van der Waals surface area contributed by atoms with Crippen LogP contribution >= 0.6 is 11.3 Å². The number of fused-ring (bicyclic) bond motifs is 1. The van der Waals surface area contributed by atoms with Gasteiger partial charge in [0.25, 0.3) is 0 Å². The molecule has 1 saturated heterocycles. The van der Waals surface area contributed by atoms with E-state index in [-0.39, 0.29) is 0 Å². The van der Waals surface area contributed by atoms with Crippen molar-refractivity contribution >= 4 is 27.4 Å². The highest BCUT2D eigenvalue weighted by Gasteiger charge is 2.33. The molecule has 21 heavy (non-hydrogen) atoms. The Morgan fingerprint density at radius 2 is 2.24 bits per heavy atom. The van der Waals surface area contributed by atoms with E-state index in [1.807, 2.05) is 0 Å². The minimum Gasteiger partial charge on any atom is -0.352 e. The zero-order valence-electron chi connectivity index (χ0n) is 12.5. The Hall–Kier alpha value is -1.20. The molecule has 2 aliphatic rings. The third kappa shape index (κ3) is 2.64. The average Bonchev–Trinajstić information content (AvgIpc) is 3.30. The molecule has 3 heterocycles. The number of hydrogen-bond acceptors (Lipinski definition) is 5. The number of nitrogens with zero attached hydrogens (tertiary/aromatic N) is 3. The third-order valence-corrected chi connectivity index (χ3v) is 5.71. The van der Waals surface area contributed by atoms with E-state index in [1.54, 1.807) is 17.7 Å². The van der Waals surface area contributed by atoms with Crippen molar-refractivity contribution in [3.05, 3.63) is 17.3 Å². The van der Waals surface area contributed by atoms with E-state index in [0.717, 1.165) is 24.5 Å². The van der Waals surface area contributed by atoms with Gasteiger partial charge < -0.3 is 10.2 Å². The predicted octanol–water partition coefficient (Wildman–Crippen LogP) is 2.97. The van der Waals surface area contributed by atoms with Crippen LogP contribution < -0.4 is 10.2 Å². The predicted molar refractivity (Wildman–Crippen MR) is 88.1 cm³/mol. The van der Waals surface area contributed by atoms with Crippen LogP contribution in [0.1, 0.15) is 31.2 Å². The lowest BCUT2D eigenvalue weighted by Gasteiger charge is -2.31. The van der Waals surface area contributed by atoms with Gasteiger partial charge in [0.15, 0.2) is 0 Å². The Morgan fingerprint density at radius 3 is 3.00 bits per heavy atom. The van der Waals surface area contributed by atoms with Crippen molar-refractivity contribution in [2.24, 2.45) is 5.92 Å². The SMILES string of the molecule is Cc1csc2c(N(CC3CCCNC3)C3CC3)ncnc12. The molecule has 1 N–H and O–H groups in total. The largest absolute Gasteiger partial charge is 0.352 e. The van der Waals surface area contributed by atoms with Crippen LogP contribution in [0.15, 0.2) is 11.7 Å². The molecule has 112 valence electrons. The van der Waals surface area contributed by atoms with Crippen LogP contribution in [0.3, 0.4) is 0 Å². The number of thiophene rings is 1. The van der Waals surface area contributed by atoms with Crippen molar-refractivity contribution in [1.82, 2.24) is 15.3 Å². The first kappa shape index (κ1) is 13.5. The Labute approximate surface area is 129 Å². The molecule has 2 aromatic rings. The average molecular weight is 302 g/mol. The summed E-state index contributed by atoms with van der Waals surface area (Å²) < 4.78 is 1.27. The molecule has 1 saturated carbocycles. The number of anilines is 1. The lowest BCUT2D eigenvalue weighted by Crippen LogP contribution is -2.39. The van der Waals surface area contributed by atoms with Crippen LogP contribution in [0.25, 0.3) is 10.2 Å². The van der Waals surface area contributed by atoms with Gasteiger partial charge in [-0.25, -0.2) is 9.97 Å². The second kappa shape index (κ2) is 5.54. The van der Waals surface area contributed by atoms with Gasteiger partial charge in [-0.3, -0.25) is 0 Å². The molecular weight excluding hydrogens is 280 g/mol. The highest BCUT2D eigenvalue weighted by Crippen LogP contribution is 2.37. The van der Waals surface area contributed by atoms with Crippen LogP contribution in [-0.2, 0) is 0 Å². The zero-order valence-corrected chi connectivity index (χ0v) is 13.3. The van der Waals surface area contributed by atoms with E-state index in [0.29, 0.717) is 6.04 Å². The highest BCUT2D eigenvalue weighted by molar-refractivity contribution is 7.18. The molecule has 0 bridgehead atoms. The van der Waals surface area contributed by atoms with E-state index in [9.17, 15) is 0 Å². The van der Waals surface area contributed by atoms with E-state index >= 15 is 0 Å². The zero-order chi connectivity index (χ0) is 14.2. The van der Waals surface area contributed by atoms with E-state index < -0.39 is 0 Å². The topological polar surface area (TPSA) is 41.0 Å². The van der Waals surface area contributed by atoms with Crippen LogP contribution in [0.4, 0.5) is 5.82 Å². The monoisotopic (exact) mass is 302 g/mol. The number of hydrogen-bond donors (Lipinski definition) is 1. The van der Waals surface area contributed by atoms with Gasteiger partial charge in [-0.15, -0.1) is 11.3 Å². The second-order valence-corrected chi connectivity index (χ2v) is 7.27. The van der Waals surface area contributed by atoms with Crippen LogP contribution in [0.2, 0.25) is 0 Å². The smallest absolute Gasteiger partial charge is 0.150 e. The van der Waals surface area contributed by atoms with Crippen molar-refractivity contribution in [3.63, 3.8) is 0 Å². The maximum Gasteiger partial charge on any atom is 0.150 e. The summed E-state index contributed by atoms with van der Waals surface area (Å²) in [5, 5.41) is 5.74. The van der Waals surface area contributed by atoms with Crippen LogP contribution in [0, 0.1) is 12.8 Å². The van der Waals surface area contributed by atoms with E-state index in [2.05, 4.69) is 32.5 Å². The number of aromatic nitrogens is 2. The van der Waals surface area contributed by atoms with Gasteiger partial charge in [0.1, 0.15) is 12.1 Å². The lowest BCUT2D eigenvalue weighted by molar-refractivity contribution is 0.375. The lowest BCUT2D eigenvalue weighted by atomic mass is 9.99. The van der Waals surface area contributed by atoms with Crippen LogP contribution in [0.5, 0.6) is 0 Å². The second-order valence-electron chi connectivity index (χ2n) is 6.39. The summed E-state index contributed by atoms with van der Waals surface area (Å²) >= 11 is 1.79. The highest BCUT2D eigenvalue weighted by atomic mass is 32.1. The Balaban J connectivity index is 1.65. The first-order chi connectivity index (χ1) is 10.3. The molecule has 1 unspecified atom stereocenters. The fourth-order valence-electron chi connectivity index (χ4n) is 3.31.